The van der Waals surface area contributed by atoms with Crippen LogP contribution < -0.4 is 24.4 Å². The number of hydrazone groups is 1. The minimum absolute atomic E-state index is 0.205. The molecule has 34 heavy (non-hydrogen) atoms. The van der Waals surface area contributed by atoms with Crippen molar-refractivity contribution in [2.24, 2.45) is 5.10 Å². The van der Waals surface area contributed by atoms with Crippen molar-refractivity contribution in [1.29, 1.82) is 0 Å². The van der Waals surface area contributed by atoms with Gasteiger partial charge in [0.25, 0.3) is 0 Å². The van der Waals surface area contributed by atoms with Gasteiger partial charge >= 0.3 is 5.97 Å². The van der Waals surface area contributed by atoms with E-state index in [4.69, 9.17) is 18.9 Å². The van der Waals surface area contributed by atoms with Crippen LogP contribution in [0.3, 0.4) is 0 Å². The number of methoxy groups -OCH3 is 3. The van der Waals surface area contributed by atoms with Crippen LogP contribution in [0.25, 0.3) is 0 Å². The van der Waals surface area contributed by atoms with E-state index in [0.29, 0.717) is 28.6 Å². The van der Waals surface area contributed by atoms with Gasteiger partial charge in [-0.15, -0.1) is 0 Å². The van der Waals surface area contributed by atoms with Crippen LogP contribution >= 0.6 is 15.9 Å². The van der Waals surface area contributed by atoms with Crippen molar-refractivity contribution in [3.05, 3.63) is 81.8 Å². The Hall–Kier alpha value is -3.85. The number of ether oxygens (including phenoxy) is 4. The monoisotopic (exact) mass is 526 g/mol. The first-order valence-electron chi connectivity index (χ1n) is 10.1. The molecule has 9 heteroatoms. The second kappa shape index (κ2) is 11.9. The molecule has 0 saturated carbocycles. The summed E-state index contributed by atoms with van der Waals surface area (Å²) in [6.45, 7) is 0. The van der Waals surface area contributed by atoms with Gasteiger partial charge in [0, 0.05) is 4.47 Å². The smallest absolute Gasteiger partial charge is 0.343 e. The molecule has 0 aliphatic carbocycles. The molecule has 0 radical (unpaired) electrons. The Morgan fingerprint density at radius 3 is 2.24 bits per heavy atom. The summed E-state index contributed by atoms with van der Waals surface area (Å²) in [5, 5.41) is 3.98. The zero-order valence-electron chi connectivity index (χ0n) is 18.8. The number of carbonyl (C=O) groups excluding carboxylic acids is 2. The van der Waals surface area contributed by atoms with Crippen LogP contribution in [0.15, 0.2) is 70.2 Å². The van der Waals surface area contributed by atoms with Gasteiger partial charge in [-0.25, -0.2) is 10.2 Å². The fourth-order valence-corrected chi connectivity index (χ4v) is 3.29. The Kier molecular flexibility index (Phi) is 8.64. The molecule has 8 nitrogen and oxygen atoms in total. The highest BCUT2D eigenvalue weighted by Gasteiger charge is 2.18. The Morgan fingerprint density at radius 1 is 0.941 bits per heavy atom. The summed E-state index contributed by atoms with van der Waals surface area (Å²) in [5.74, 6) is 0.521. The molecule has 0 fully saturated rings. The molecule has 0 aliphatic heterocycles. The number of nitrogens with zero attached hydrogens (tertiary/aromatic N) is 1. The highest BCUT2D eigenvalue weighted by atomic mass is 79.9. The molecular formula is C25H23BrN2O6. The molecule has 0 heterocycles. The molecular weight excluding hydrogens is 504 g/mol. The number of benzene rings is 3. The molecule has 1 amide bonds. The predicted octanol–water partition coefficient (Wildman–Crippen LogP) is 4.39. The van der Waals surface area contributed by atoms with Crippen LogP contribution in [0.4, 0.5) is 0 Å². The lowest BCUT2D eigenvalue weighted by atomic mass is 10.1. The van der Waals surface area contributed by atoms with Crippen LogP contribution in [0, 0.1) is 0 Å². The number of amides is 1. The van der Waals surface area contributed by atoms with Crippen LogP contribution in [0.1, 0.15) is 21.5 Å². The normalized spacial score (nSPS) is 10.6. The number of hydrogen-bond acceptors (Lipinski definition) is 7. The van der Waals surface area contributed by atoms with E-state index in [1.165, 1.54) is 39.7 Å². The van der Waals surface area contributed by atoms with Gasteiger partial charge in [-0.05, 0) is 47.5 Å². The molecule has 0 spiro atoms. The predicted molar refractivity (Wildman–Crippen MR) is 131 cm³/mol. The summed E-state index contributed by atoms with van der Waals surface area (Å²) in [5.41, 5.74) is 4.23. The third-order valence-electron chi connectivity index (χ3n) is 4.65. The molecule has 3 rings (SSSR count). The molecule has 0 bridgehead atoms. The van der Waals surface area contributed by atoms with E-state index in [2.05, 4.69) is 26.5 Å². The average molecular weight is 527 g/mol. The standard InChI is InChI=1S/C25H23BrN2O6/c1-31-21-13-18(14-22(32-2)24(21)33-3)25(30)34-20-6-4-5-17(11-20)15-27-28-23(29)12-16-7-9-19(26)10-8-16/h4-11,13-15H,12H2,1-3H3,(H,28,29)/b27-15-. The zero-order chi connectivity index (χ0) is 24.5. The maximum atomic E-state index is 12.7. The Morgan fingerprint density at radius 2 is 1.62 bits per heavy atom. The minimum atomic E-state index is -0.601. The molecule has 176 valence electrons. The molecule has 0 saturated heterocycles. The number of hydrogen-bond donors (Lipinski definition) is 1. The van der Waals surface area contributed by atoms with E-state index >= 15 is 0 Å². The molecule has 1 N–H and O–H groups in total. The van der Waals surface area contributed by atoms with Gasteiger partial charge in [0.05, 0.1) is 39.5 Å². The van der Waals surface area contributed by atoms with Crippen molar-refractivity contribution in [1.82, 2.24) is 5.43 Å². The van der Waals surface area contributed by atoms with E-state index < -0.39 is 5.97 Å². The van der Waals surface area contributed by atoms with Crippen molar-refractivity contribution in [2.45, 2.75) is 6.42 Å². The molecule has 0 atom stereocenters. The van der Waals surface area contributed by atoms with E-state index in [1.54, 1.807) is 24.3 Å². The molecule has 0 aromatic heterocycles. The lowest BCUT2D eigenvalue weighted by Gasteiger charge is -2.13. The van der Waals surface area contributed by atoms with Gasteiger partial charge in [0.2, 0.25) is 11.7 Å². The van der Waals surface area contributed by atoms with Crippen molar-refractivity contribution < 1.29 is 28.5 Å². The Labute approximate surface area is 205 Å². The first-order valence-corrected chi connectivity index (χ1v) is 10.9. The molecule has 3 aromatic carbocycles. The Bertz CT molecular complexity index is 1170. The molecule has 0 aliphatic rings. The second-order valence-electron chi connectivity index (χ2n) is 6.97. The van der Waals surface area contributed by atoms with Crippen molar-refractivity contribution in [3.63, 3.8) is 0 Å². The van der Waals surface area contributed by atoms with Crippen LogP contribution in [-0.4, -0.2) is 39.4 Å². The van der Waals surface area contributed by atoms with Gasteiger partial charge in [-0.2, -0.15) is 5.10 Å². The summed E-state index contributed by atoms with van der Waals surface area (Å²) < 4.78 is 22.3. The van der Waals surface area contributed by atoms with Crippen molar-refractivity contribution in [2.75, 3.05) is 21.3 Å². The highest BCUT2D eigenvalue weighted by molar-refractivity contribution is 9.10. The van der Waals surface area contributed by atoms with E-state index in [1.807, 2.05) is 24.3 Å². The fraction of sp³-hybridized carbons (Fsp3) is 0.160. The quantitative estimate of drug-likeness (QED) is 0.192. The topological polar surface area (TPSA) is 95.5 Å². The fourth-order valence-electron chi connectivity index (χ4n) is 3.03. The summed E-state index contributed by atoms with van der Waals surface area (Å²) in [6, 6.07) is 17.2. The summed E-state index contributed by atoms with van der Waals surface area (Å²) in [7, 11) is 4.41. The van der Waals surface area contributed by atoms with Gasteiger partial charge in [-0.3, -0.25) is 4.79 Å². The number of nitrogens with one attached hydrogen (secondary N) is 1. The number of rotatable bonds is 9. The van der Waals surface area contributed by atoms with Crippen LogP contribution in [-0.2, 0) is 11.2 Å². The summed E-state index contributed by atoms with van der Waals surface area (Å²) >= 11 is 3.36. The largest absolute Gasteiger partial charge is 0.493 e. The van der Waals surface area contributed by atoms with Crippen LogP contribution in [0.2, 0.25) is 0 Å². The van der Waals surface area contributed by atoms with Crippen molar-refractivity contribution >= 4 is 34.0 Å². The molecule has 3 aromatic rings. The maximum Gasteiger partial charge on any atom is 0.343 e. The third-order valence-corrected chi connectivity index (χ3v) is 5.18. The van der Waals surface area contributed by atoms with E-state index in [9.17, 15) is 9.59 Å². The molecule has 0 unspecified atom stereocenters. The summed E-state index contributed by atoms with van der Waals surface area (Å²) in [6.07, 6.45) is 1.67. The highest BCUT2D eigenvalue weighted by Crippen LogP contribution is 2.38. The number of esters is 1. The van der Waals surface area contributed by atoms with E-state index in [-0.39, 0.29) is 17.9 Å². The van der Waals surface area contributed by atoms with Gasteiger partial charge in [0.15, 0.2) is 11.5 Å². The minimum Gasteiger partial charge on any atom is -0.493 e. The number of halogens is 1. The first-order chi connectivity index (χ1) is 16.4. The van der Waals surface area contributed by atoms with Crippen molar-refractivity contribution in [3.8, 4) is 23.0 Å². The first kappa shape index (κ1) is 24.8. The maximum absolute atomic E-state index is 12.7. The summed E-state index contributed by atoms with van der Waals surface area (Å²) in [4.78, 5) is 24.8. The second-order valence-corrected chi connectivity index (χ2v) is 7.89. The average Bonchev–Trinajstić information content (AvgIpc) is 2.84. The lowest BCUT2D eigenvalue weighted by molar-refractivity contribution is -0.120. The number of carbonyl (C=O) groups is 2. The van der Waals surface area contributed by atoms with Crippen LogP contribution in [0.5, 0.6) is 23.0 Å². The van der Waals surface area contributed by atoms with Gasteiger partial charge in [0.1, 0.15) is 5.75 Å². The lowest BCUT2D eigenvalue weighted by Crippen LogP contribution is -2.19. The van der Waals surface area contributed by atoms with Gasteiger partial charge in [-0.1, -0.05) is 40.2 Å². The zero-order valence-corrected chi connectivity index (χ0v) is 20.4. The SMILES string of the molecule is COc1cc(C(=O)Oc2cccc(/C=N\NC(=O)Cc3ccc(Br)cc3)c2)cc(OC)c1OC. The van der Waals surface area contributed by atoms with Gasteiger partial charge < -0.3 is 18.9 Å². The third kappa shape index (κ3) is 6.58. The Balaban J connectivity index is 1.64. The van der Waals surface area contributed by atoms with E-state index in [0.717, 1.165) is 10.0 Å².